The van der Waals surface area contributed by atoms with Gasteiger partial charge >= 0.3 is 0 Å². The predicted octanol–water partition coefficient (Wildman–Crippen LogP) is 1.59. The average Bonchev–Trinajstić information content (AvgIpc) is 2.17. The number of carbonyl (C=O) groups excluding carboxylic acids is 1. The number of hydrogen-bond acceptors (Lipinski definition) is 2. The van der Waals surface area contributed by atoms with E-state index in [1.807, 2.05) is 31.7 Å². The second-order valence-corrected chi connectivity index (χ2v) is 3.73. The maximum atomic E-state index is 11.8. The minimum atomic E-state index is 0.155. The first kappa shape index (κ1) is 11.2. The lowest BCUT2D eigenvalue weighted by molar-refractivity contribution is -0.133. The number of carbonyl (C=O) groups is 1. The van der Waals surface area contributed by atoms with Gasteiger partial charge in [-0.1, -0.05) is 13.0 Å². The standard InChI is InChI=1S/C11H19NO2/c1-4-5-9(2)11(13)12-6-7-14-10(3)8-12/h5,10H,4,6-8H2,1-3H3. The van der Waals surface area contributed by atoms with Crippen molar-refractivity contribution in [1.82, 2.24) is 4.90 Å². The van der Waals surface area contributed by atoms with Crippen LogP contribution in [0.5, 0.6) is 0 Å². The molecule has 0 bridgehead atoms. The van der Waals surface area contributed by atoms with Crippen LogP contribution in [-0.4, -0.2) is 36.6 Å². The van der Waals surface area contributed by atoms with Crippen molar-refractivity contribution < 1.29 is 9.53 Å². The quantitative estimate of drug-likeness (QED) is 0.629. The first-order chi connectivity index (χ1) is 6.65. The fraction of sp³-hybridized carbons (Fsp3) is 0.727. The fourth-order valence-corrected chi connectivity index (χ4v) is 1.65. The van der Waals surface area contributed by atoms with Crippen LogP contribution < -0.4 is 0 Å². The number of allylic oxidation sites excluding steroid dienone is 1. The third-order valence-electron chi connectivity index (χ3n) is 2.38. The van der Waals surface area contributed by atoms with Gasteiger partial charge in [0.2, 0.25) is 5.91 Å². The van der Waals surface area contributed by atoms with Crippen molar-refractivity contribution in [2.45, 2.75) is 33.3 Å². The molecule has 0 aromatic carbocycles. The summed E-state index contributed by atoms with van der Waals surface area (Å²) in [6.45, 7) is 8.01. The van der Waals surface area contributed by atoms with Crippen LogP contribution in [0, 0.1) is 0 Å². The topological polar surface area (TPSA) is 29.5 Å². The highest BCUT2D eigenvalue weighted by Crippen LogP contribution is 2.09. The van der Waals surface area contributed by atoms with E-state index < -0.39 is 0 Å². The Hall–Kier alpha value is -0.830. The molecular formula is C11H19NO2. The lowest BCUT2D eigenvalue weighted by Gasteiger charge is -2.31. The van der Waals surface area contributed by atoms with Crippen molar-refractivity contribution in [3.63, 3.8) is 0 Å². The molecule has 0 aromatic rings. The summed E-state index contributed by atoms with van der Waals surface area (Å²) in [6.07, 6.45) is 3.06. The Labute approximate surface area is 85.7 Å². The molecule has 3 heteroatoms. The van der Waals surface area contributed by atoms with E-state index in [9.17, 15) is 4.79 Å². The van der Waals surface area contributed by atoms with Gasteiger partial charge in [-0.3, -0.25) is 4.79 Å². The summed E-state index contributed by atoms with van der Waals surface area (Å²) in [6, 6.07) is 0. The molecule has 14 heavy (non-hydrogen) atoms. The van der Waals surface area contributed by atoms with Crippen LogP contribution >= 0.6 is 0 Å². The van der Waals surface area contributed by atoms with E-state index in [-0.39, 0.29) is 12.0 Å². The second kappa shape index (κ2) is 5.15. The van der Waals surface area contributed by atoms with Crippen LogP contribution in [0.4, 0.5) is 0 Å². The van der Waals surface area contributed by atoms with E-state index in [0.29, 0.717) is 13.2 Å². The van der Waals surface area contributed by atoms with E-state index >= 15 is 0 Å². The summed E-state index contributed by atoms with van der Waals surface area (Å²) < 4.78 is 5.38. The molecule has 1 aliphatic heterocycles. The highest BCUT2D eigenvalue weighted by atomic mass is 16.5. The Bertz CT molecular complexity index is 235. The highest BCUT2D eigenvalue weighted by molar-refractivity contribution is 5.92. The molecule has 0 N–H and O–H groups in total. The SMILES string of the molecule is CCC=C(C)C(=O)N1CCOC(C)C1. The van der Waals surface area contributed by atoms with E-state index in [1.54, 1.807) is 0 Å². The van der Waals surface area contributed by atoms with Crippen molar-refractivity contribution in [3.8, 4) is 0 Å². The Morgan fingerprint density at radius 2 is 2.36 bits per heavy atom. The van der Waals surface area contributed by atoms with E-state index in [1.165, 1.54) is 0 Å². The minimum absolute atomic E-state index is 0.155. The van der Waals surface area contributed by atoms with Crippen LogP contribution in [0.15, 0.2) is 11.6 Å². The summed E-state index contributed by atoms with van der Waals surface area (Å²) in [5.74, 6) is 0.155. The lowest BCUT2D eigenvalue weighted by Crippen LogP contribution is -2.44. The molecule has 80 valence electrons. The van der Waals surface area contributed by atoms with Gasteiger partial charge in [0.05, 0.1) is 12.7 Å². The van der Waals surface area contributed by atoms with Crippen LogP contribution in [-0.2, 0) is 9.53 Å². The molecule has 1 unspecified atom stereocenters. The van der Waals surface area contributed by atoms with Gasteiger partial charge in [-0.25, -0.2) is 0 Å². The van der Waals surface area contributed by atoms with Crippen LogP contribution in [0.3, 0.4) is 0 Å². The average molecular weight is 197 g/mol. The summed E-state index contributed by atoms with van der Waals surface area (Å²) in [7, 11) is 0. The van der Waals surface area contributed by atoms with Gasteiger partial charge in [0.1, 0.15) is 0 Å². The van der Waals surface area contributed by atoms with Gasteiger partial charge in [0.25, 0.3) is 0 Å². The number of nitrogens with zero attached hydrogens (tertiary/aromatic N) is 1. The van der Waals surface area contributed by atoms with Gasteiger partial charge in [0.15, 0.2) is 0 Å². The minimum Gasteiger partial charge on any atom is -0.375 e. The molecule has 1 rings (SSSR count). The second-order valence-electron chi connectivity index (χ2n) is 3.73. The lowest BCUT2D eigenvalue weighted by atomic mass is 10.2. The van der Waals surface area contributed by atoms with Crippen molar-refractivity contribution in [1.29, 1.82) is 0 Å². The maximum Gasteiger partial charge on any atom is 0.249 e. The number of amides is 1. The molecule has 1 atom stereocenters. The van der Waals surface area contributed by atoms with Crippen molar-refractivity contribution in [3.05, 3.63) is 11.6 Å². The Morgan fingerprint density at radius 1 is 1.64 bits per heavy atom. The predicted molar refractivity (Wildman–Crippen MR) is 56.0 cm³/mol. The van der Waals surface area contributed by atoms with Crippen molar-refractivity contribution in [2.75, 3.05) is 19.7 Å². The molecule has 0 aliphatic carbocycles. The van der Waals surface area contributed by atoms with E-state index in [0.717, 1.165) is 18.5 Å². The Kier molecular flexibility index (Phi) is 4.14. The van der Waals surface area contributed by atoms with Gasteiger partial charge in [0, 0.05) is 18.7 Å². The third kappa shape index (κ3) is 2.84. The van der Waals surface area contributed by atoms with Crippen molar-refractivity contribution in [2.24, 2.45) is 0 Å². The monoisotopic (exact) mass is 197 g/mol. The zero-order valence-electron chi connectivity index (χ0n) is 9.25. The number of rotatable bonds is 2. The number of hydrogen-bond donors (Lipinski definition) is 0. The summed E-state index contributed by atoms with van der Waals surface area (Å²) in [4.78, 5) is 13.7. The summed E-state index contributed by atoms with van der Waals surface area (Å²) >= 11 is 0. The Morgan fingerprint density at radius 3 is 2.93 bits per heavy atom. The molecule has 3 nitrogen and oxygen atoms in total. The van der Waals surface area contributed by atoms with Crippen molar-refractivity contribution >= 4 is 5.91 Å². The number of ether oxygens (including phenoxy) is 1. The highest BCUT2D eigenvalue weighted by Gasteiger charge is 2.21. The van der Waals surface area contributed by atoms with E-state index in [4.69, 9.17) is 4.74 Å². The first-order valence-electron chi connectivity index (χ1n) is 5.22. The molecule has 1 fully saturated rings. The maximum absolute atomic E-state index is 11.8. The molecule has 0 aromatic heterocycles. The molecule has 0 saturated carbocycles. The van der Waals surface area contributed by atoms with Crippen LogP contribution in [0.2, 0.25) is 0 Å². The first-order valence-corrected chi connectivity index (χ1v) is 5.22. The molecule has 1 amide bonds. The van der Waals surface area contributed by atoms with Gasteiger partial charge in [-0.2, -0.15) is 0 Å². The van der Waals surface area contributed by atoms with Gasteiger partial charge in [-0.15, -0.1) is 0 Å². The normalized spacial score (nSPS) is 23.8. The molecular weight excluding hydrogens is 178 g/mol. The zero-order valence-corrected chi connectivity index (χ0v) is 9.25. The van der Waals surface area contributed by atoms with Gasteiger partial charge in [-0.05, 0) is 20.3 Å². The van der Waals surface area contributed by atoms with Crippen LogP contribution in [0.25, 0.3) is 0 Å². The fourth-order valence-electron chi connectivity index (χ4n) is 1.65. The molecule has 1 heterocycles. The molecule has 0 radical (unpaired) electrons. The molecule has 1 aliphatic rings. The summed E-state index contributed by atoms with van der Waals surface area (Å²) in [5, 5.41) is 0. The van der Waals surface area contributed by atoms with E-state index in [2.05, 4.69) is 0 Å². The zero-order chi connectivity index (χ0) is 10.6. The van der Waals surface area contributed by atoms with Gasteiger partial charge < -0.3 is 9.64 Å². The summed E-state index contributed by atoms with van der Waals surface area (Å²) in [5.41, 5.74) is 0.849. The van der Waals surface area contributed by atoms with Crippen LogP contribution in [0.1, 0.15) is 27.2 Å². The molecule has 1 saturated heterocycles. The molecule has 0 spiro atoms. The third-order valence-corrected chi connectivity index (χ3v) is 2.38. The Balaban J connectivity index is 2.55. The smallest absolute Gasteiger partial charge is 0.249 e. The number of morpholine rings is 1. The largest absolute Gasteiger partial charge is 0.375 e.